The summed E-state index contributed by atoms with van der Waals surface area (Å²) in [5.74, 6) is 0.116. The van der Waals surface area contributed by atoms with E-state index in [4.69, 9.17) is 0 Å². The molecular formula is C15H24N2O. The summed E-state index contributed by atoms with van der Waals surface area (Å²) in [6.45, 7) is 3.90. The molecule has 0 atom stereocenters. The monoisotopic (exact) mass is 248 g/mol. The average Bonchev–Trinajstić information content (AvgIpc) is 2.28. The van der Waals surface area contributed by atoms with E-state index in [1.165, 1.54) is 5.56 Å². The fourth-order valence-corrected chi connectivity index (χ4v) is 1.85. The SMILES string of the molecule is Cc1cccc(CC(=O)NCCCCN(C)C)c1. The number of rotatable bonds is 7. The maximum Gasteiger partial charge on any atom is 0.224 e. The van der Waals surface area contributed by atoms with E-state index >= 15 is 0 Å². The van der Waals surface area contributed by atoms with Crippen LogP contribution in [0.2, 0.25) is 0 Å². The van der Waals surface area contributed by atoms with Gasteiger partial charge in [-0.2, -0.15) is 0 Å². The fraction of sp³-hybridized carbons (Fsp3) is 0.533. The van der Waals surface area contributed by atoms with Crippen LogP contribution in [0.3, 0.4) is 0 Å². The van der Waals surface area contributed by atoms with E-state index in [1.54, 1.807) is 0 Å². The minimum atomic E-state index is 0.116. The van der Waals surface area contributed by atoms with Crippen molar-refractivity contribution in [2.45, 2.75) is 26.2 Å². The lowest BCUT2D eigenvalue weighted by atomic mass is 10.1. The number of carbonyl (C=O) groups excluding carboxylic acids is 1. The molecule has 0 bridgehead atoms. The Labute approximate surface area is 110 Å². The van der Waals surface area contributed by atoms with Gasteiger partial charge in [0.05, 0.1) is 6.42 Å². The van der Waals surface area contributed by atoms with Crippen molar-refractivity contribution >= 4 is 5.91 Å². The van der Waals surface area contributed by atoms with Crippen molar-refractivity contribution < 1.29 is 4.79 Å². The highest BCUT2D eigenvalue weighted by molar-refractivity contribution is 5.78. The highest BCUT2D eigenvalue weighted by Gasteiger charge is 2.02. The van der Waals surface area contributed by atoms with Gasteiger partial charge in [-0.15, -0.1) is 0 Å². The van der Waals surface area contributed by atoms with Crippen LogP contribution in [-0.2, 0) is 11.2 Å². The van der Waals surface area contributed by atoms with Crippen LogP contribution in [0.5, 0.6) is 0 Å². The second-order valence-corrected chi connectivity index (χ2v) is 5.03. The molecule has 0 aliphatic carbocycles. The first-order chi connectivity index (χ1) is 8.58. The Hall–Kier alpha value is -1.35. The Morgan fingerprint density at radius 2 is 2.06 bits per heavy atom. The molecule has 0 aliphatic heterocycles. The van der Waals surface area contributed by atoms with Crippen molar-refractivity contribution in [3.05, 3.63) is 35.4 Å². The highest BCUT2D eigenvalue weighted by Crippen LogP contribution is 2.04. The van der Waals surface area contributed by atoms with E-state index in [2.05, 4.69) is 30.4 Å². The standard InChI is InChI=1S/C15H24N2O/c1-13-7-6-8-14(11-13)12-15(18)16-9-4-5-10-17(2)3/h6-8,11H,4-5,9-10,12H2,1-3H3,(H,16,18). The van der Waals surface area contributed by atoms with E-state index in [1.807, 2.05) is 25.1 Å². The first-order valence-corrected chi connectivity index (χ1v) is 6.55. The molecule has 0 spiro atoms. The summed E-state index contributed by atoms with van der Waals surface area (Å²) >= 11 is 0. The number of unbranched alkanes of at least 4 members (excludes halogenated alkanes) is 1. The van der Waals surface area contributed by atoms with Gasteiger partial charge in [0, 0.05) is 6.54 Å². The maximum absolute atomic E-state index is 11.7. The number of nitrogens with zero attached hydrogens (tertiary/aromatic N) is 1. The van der Waals surface area contributed by atoms with Crippen molar-refractivity contribution in [1.29, 1.82) is 0 Å². The predicted molar refractivity (Wildman–Crippen MR) is 75.7 cm³/mol. The Kier molecular flexibility index (Phi) is 6.44. The Bertz CT molecular complexity index is 375. The number of aryl methyl sites for hydroxylation is 1. The Morgan fingerprint density at radius 1 is 1.28 bits per heavy atom. The van der Waals surface area contributed by atoms with Gasteiger partial charge in [-0.25, -0.2) is 0 Å². The number of amides is 1. The molecule has 1 rings (SSSR count). The minimum absolute atomic E-state index is 0.116. The molecule has 0 radical (unpaired) electrons. The molecule has 0 heterocycles. The lowest BCUT2D eigenvalue weighted by Crippen LogP contribution is -2.26. The normalized spacial score (nSPS) is 10.7. The molecule has 0 fully saturated rings. The van der Waals surface area contributed by atoms with Crippen molar-refractivity contribution in [3.8, 4) is 0 Å². The van der Waals surface area contributed by atoms with Gasteiger partial charge in [-0.05, 0) is 46.0 Å². The third-order valence-corrected chi connectivity index (χ3v) is 2.80. The summed E-state index contributed by atoms with van der Waals surface area (Å²) in [4.78, 5) is 13.9. The number of hydrogen-bond donors (Lipinski definition) is 1. The van der Waals surface area contributed by atoms with Crippen molar-refractivity contribution in [2.24, 2.45) is 0 Å². The summed E-state index contributed by atoms with van der Waals surface area (Å²) < 4.78 is 0. The van der Waals surface area contributed by atoms with Crippen LogP contribution in [0.4, 0.5) is 0 Å². The molecule has 1 aromatic carbocycles. The minimum Gasteiger partial charge on any atom is -0.356 e. The number of benzene rings is 1. The molecule has 3 heteroatoms. The predicted octanol–water partition coefficient (Wildman–Crippen LogP) is 2.00. The first-order valence-electron chi connectivity index (χ1n) is 6.55. The molecule has 0 unspecified atom stereocenters. The summed E-state index contributed by atoms with van der Waals surface area (Å²) in [5, 5.41) is 2.97. The van der Waals surface area contributed by atoms with Gasteiger partial charge >= 0.3 is 0 Å². The quantitative estimate of drug-likeness (QED) is 0.749. The van der Waals surface area contributed by atoms with Gasteiger partial charge in [0.25, 0.3) is 0 Å². The molecule has 0 saturated heterocycles. The van der Waals surface area contributed by atoms with Crippen molar-refractivity contribution in [2.75, 3.05) is 27.2 Å². The van der Waals surface area contributed by atoms with Crippen LogP contribution >= 0.6 is 0 Å². The molecule has 1 N–H and O–H groups in total. The van der Waals surface area contributed by atoms with E-state index in [9.17, 15) is 4.79 Å². The largest absolute Gasteiger partial charge is 0.356 e. The van der Waals surface area contributed by atoms with Crippen LogP contribution in [0, 0.1) is 6.92 Å². The Balaban J connectivity index is 2.18. The molecular weight excluding hydrogens is 224 g/mol. The third kappa shape index (κ3) is 6.40. The van der Waals surface area contributed by atoms with E-state index in [0.717, 1.165) is 31.5 Å². The van der Waals surface area contributed by atoms with Crippen LogP contribution in [0.1, 0.15) is 24.0 Å². The summed E-state index contributed by atoms with van der Waals surface area (Å²) in [5.41, 5.74) is 2.28. The molecule has 18 heavy (non-hydrogen) atoms. The van der Waals surface area contributed by atoms with Crippen molar-refractivity contribution in [1.82, 2.24) is 10.2 Å². The third-order valence-electron chi connectivity index (χ3n) is 2.80. The van der Waals surface area contributed by atoms with Gasteiger partial charge < -0.3 is 10.2 Å². The van der Waals surface area contributed by atoms with Crippen LogP contribution in [0.15, 0.2) is 24.3 Å². The number of hydrogen-bond acceptors (Lipinski definition) is 2. The molecule has 0 aliphatic rings. The van der Waals surface area contributed by atoms with Crippen molar-refractivity contribution in [3.63, 3.8) is 0 Å². The first kappa shape index (κ1) is 14.7. The van der Waals surface area contributed by atoms with Gasteiger partial charge in [-0.1, -0.05) is 29.8 Å². The second-order valence-electron chi connectivity index (χ2n) is 5.03. The second kappa shape index (κ2) is 7.88. The molecule has 3 nitrogen and oxygen atoms in total. The number of nitrogens with one attached hydrogen (secondary N) is 1. The molecule has 0 aromatic heterocycles. The summed E-state index contributed by atoms with van der Waals surface area (Å²) in [6.07, 6.45) is 2.64. The van der Waals surface area contributed by atoms with Gasteiger partial charge in [-0.3, -0.25) is 4.79 Å². The smallest absolute Gasteiger partial charge is 0.224 e. The summed E-state index contributed by atoms with van der Waals surface area (Å²) in [6, 6.07) is 8.10. The van der Waals surface area contributed by atoms with E-state index in [0.29, 0.717) is 6.42 Å². The zero-order valence-corrected chi connectivity index (χ0v) is 11.7. The lowest BCUT2D eigenvalue weighted by Gasteiger charge is -2.09. The van der Waals surface area contributed by atoms with Gasteiger partial charge in [0.1, 0.15) is 0 Å². The van der Waals surface area contributed by atoms with E-state index < -0.39 is 0 Å². The van der Waals surface area contributed by atoms with Crippen LogP contribution in [0.25, 0.3) is 0 Å². The van der Waals surface area contributed by atoms with Crippen LogP contribution < -0.4 is 5.32 Å². The van der Waals surface area contributed by atoms with Gasteiger partial charge in [0.15, 0.2) is 0 Å². The highest BCUT2D eigenvalue weighted by atomic mass is 16.1. The lowest BCUT2D eigenvalue weighted by molar-refractivity contribution is -0.120. The summed E-state index contributed by atoms with van der Waals surface area (Å²) in [7, 11) is 4.13. The van der Waals surface area contributed by atoms with E-state index in [-0.39, 0.29) is 5.91 Å². The molecule has 1 amide bonds. The van der Waals surface area contributed by atoms with Crippen LogP contribution in [-0.4, -0.2) is 38.0 Å². The zero-order valence-electron chi connectivity index (χ0n) is 11.7. The molecule has 1 aromatic rings. The maximum atomic E-state index is 11.7. The molecule has 0 saturated carbocycles. The fourth-order valence-electron chi connectivity index (χ4n) is 1.85. The number of carbonyl (C=O) groups is 1. The Morgan fingerprint density at radius 3 is 2.72 bits per heavy atom. The zero-order chi connectivity index (χ0) is 13.4. The average molecular weight is 248 g/mol. The molecule has 100 valence electrons. The topological polar surface area (TPSA) is 32.3 Å². The van der Waals surface area contributed by atoms with Gasteiger partial charge in [0.2, 0.25) is 5.91 Å².